The molecule has 2 fully saturated rings. The average Bonchev–Trinajstić information content (AvgIpc) is 2.89. The van der Waals surface area contributed by atoms with Gasteiger partial charge in [-0.2, -0.15) is 0 Å². The van der Waals surface area contributed by atoms with E-state index in [1.165, 1.54) is 0 Å². The smallest absolute Gasteiger partial charge is 0.318 e. The molecule has 0 aromatic heterocycles. The van der Waals surface area contributed by atoms with E-state index in [4.69, 9.17) is 4.84 Å². The fourth-order valence-electron chi connectivity index (χ4n) is 5.20. The van der Waals surface area contributed by atoms with Crippen molar-refractivity contribution in [1.82, 2.24) is 0 Å². The summed E-state index contributed by atoms with van der Waals surface area (Å²) >= 11 is 3.42. The summed E-state index contributed by atoms with van der Waals surface area (Å²) in [5.74, 6) is -0.539. The molecular weight excluding hydrogens is 382 g/mol. The van der Waals surface area contributed by atoms with Gasteiger partial charge in [-0.3, -0.25) is 4.79 Å². The van der Waals surface area contributed by atoms with Gasteiger partial charge in [0.05, 0.1) is 11.6 Å². The van der Waals surface area contributed by atoms with Crippen LogP contribution in [0.3, 0.4) is 0 Å². The number of rotatable bonds is 2. The molecule has 25 heavy (non-hydrogen) atoms. The molecule has 132 valence electrons. The largest absolute Gasteiger partial charge is 0.339 e. The Bertz CT molecular complexity index is 783. The summed E-state index contributed by atoms with van der Waals surface area (Å²) in [5, 5.41) is 4.01. The molecule has 1 aliphatic heterocycles. The third-order valence-corrected chi connectivity index (χ3v) is 7.69. The summed E-state index contributed by atoms with van der Waals surface area (Å²) in [4.78, 5) is 30.8. The summed E-state index contributed by atoms with van der Waals surface area (Å²) in [5.41, 5.74) is 1.29. The molecule has 1 heterocycles. The minimum atomic E-state index is -0.421. The van der Waals surface area contributed by atoms with Gasteiger partial charge < -0.3 is 4.84 Å². The van der Waals surface area contributed by atoms with Crippen molar-refractivity contribution in [1.29, 1.82) is 0 Å². The molecule has 1 aromatic carbocycles. The molecule has 2 bridgehead atoms. The van der Waals surface area contributed by atoms with Crippen LogP contribution in [0, 0.1) is 28.6 Å². The molecule has 0 spiro atoms. The van der Waals surface area contributed by atoms with Gasteiger partial charge in [-0.05, 0) is 41.9 Å². The molecule has 1 aromatic rings. The topological polar surface area (TPSA) is 55.7 Å². The van der Waals surface area contributed by atoms with E-state index in [0.717, 1.165) is 28.6 Å². The van der Waals surface area contributed by atoms with Crippen molar-refractivity contribution in [2.24, 2.45) is 33.7 Å². The lowest BCUT2D eigenvalue weighted by Crippen LogP contribution is -2.40. The second kappa shape index (κ2) is 5.50. The van der Waals surface area contributed by atoms with E-state index in [2.05, 4.69) is 41.9 Å². The van der Waals surface area contributed by atoms with Crippen molar-refractivity contribution in [3.8, 4) is 0 Å². The Balaban J connectivity index is 1.65. The highest BCUT2D eigenvalue weighted by Crippen LogP contribution is 2.67. The number of halogens is 1. The molecule has 3 unspecified atom stereocenters. The molecule has 0 N–H and O–H groups in total. The fourth-order valence-corrected chi connectivity index (χ4v) is 5.47. The second-order valence-corrected chi connectivity index (χ2v) is 9.27. The predicted molar refractivity (Wildman–Crippen MR) is 98.0 cm³/mol. The maximum absolute atomic E-state index is 13.2. The number of Topliss-reactive ketones (excluding diaryl/α,β-unsaturated/α-hetero) is 1. The molecule has 2 saturated carbocycles. The Morgan fingerprint density at radius 3 is 2.44 bits per heavy atom. The molecular formula is C20H22BrNO3. The Morgan fingerprint density at radius 1 is 1.16 bits per heavy atom. The lowest BCUT2D eigenvalue weighted by Gasteiger charge is -2.32. The molecule has 2 aliphatic carbocycles. The number of ketones is 1. The van der Waals surface area contributed by atoms with Crippen LogP contribution in [0.15, 0.2) is 33.9 Å². The highest BCUT2D eigenvalue weighted by atomic mass is 79.9. The minimum absolute atomic E-state index is 0.0681. The van der Waals surface area contributed by atoms with Crippen molar-refractivity contribution in [3.63, 3.8) is 0 Å². The van der Waals surface area contributed by atoms with Gasteiger partial charge in [-0.15, -0.1) is 0 Å². The first-order valence-corrected chi connectivity index (χ1v) is 9.63. The summed E-state index contributed by atoms with van der Waals surface area (Å²) in [7, 11) is 0. The van der Waals surface area contributed by atoms with E-state index < -0.39 is 5.92 Å². The van der Waals surface area contributed by atoms with Gasteiger partial charge in [0.15, 0.2) is 0 Å². The van der Waals surface area contributed by atoms with Crippen LogP contribution in [0.2, 0.25) is 0 Å². The zero-order valence-corrected chi connectivity index (χ0v) is 16.3. The number of carbonyl (C=O) groups excluding carboxylic acids is 2. The number of carbonyl (C=O) groups is 2. The maximum Gasteiger partial charge on any atom is 0.339 e. The van der Waals surface area contributed by atoms with Crippen molar-refractivity contribution in [2.45, 2.75) is 40.0 Å². The van der Waals surface area contributed by atoms with Crippen LogP contribution in [0.4, 0.5) is 0 Å². The molecule has 4 rings (SSSR count). The number of oxime groups is 1. The lowest BCUT2D eigenvalue weighted by molar-refractivity contribution is -0.155. The summed E-state index contributed by atoms with van der Waals surface area (Å²) in [6.07, 6.45) is 2.41. The number of nitrogens with zero attached hydrogens (tertiary/aromatic N) is 1. The normalized spacial score (nSPS) is 36.3. The third kappa shape index (κ3) is 2.28. The van der Waals surface area contributed by atoms with E-state index in [1.807, 2.05) is 24.3 Å². The highest BCUT2D eigenvalue weighted by molar-refractivity contribution is 9.10. The van der Waals surface area contributed by atoms with Crippen molar-refractivity contribution in [2.75, 3.05) is 0 Å². The molecule has 0 saturated heterocycles. The van der Waals surface area contributed by atoms with Crippen molar-refractivity contribution < 1.29 is 14.4 Å². The zero-order valence-electron chi connectivity index (χ0n) is 14.7. The zero-order chi connectivity index (χ0) is 18.0. The van der Waals surface area contributed by atoms with Gasteiger partial charge in [0.25, 0.3) is 0 Å². The maximum atomic E-state index is 13.2. The Morgan fingerprint density at radius 2 is 1.84 bits per heavy atom. The van der Waals surface area contributed by atoms with Gasteiger partial charge in [0.2, 0.25) is 0 Å². The molecule has 4 nitrogen and oxygen atoms in total. The third-order valence-electron chi connectivity index (χ3n) is 7.16. The van der Waals surface area contributed by atoms with E-state index in [1.54, 1.807) is 0 Å². The van der Waals surface area contributed by atoms with Crippen LogP contribution in [-0.2, 0) is 14.4 Å². The van der Waals surface area contributed by atoms with Gasteiger partial charge in [0, 0.05) is 22.2 Å². The number of fused-ring (bicyclic) bond motifs is 2. The van der Waals surface area contributed by atoms with Crippen molar-refractivity contribution >= 4 is 33.4 Å². The van der Waals surface area contributed by atoms with Crippen LogP contribution in [0.25, 0.3) is 0 Å². The van der Waals surface area contributed by atoms with Crippen molar-refractivity contribution in [3.05, 3.63) is 34.3 Å². The van der Waals surface area contributed by atoms with Crippen LogP contribution in [0.1, 0.15) is 45.6 Å². The Kier molecular flexibility index (Phi) is 3.73. The predicted octanol–water partition coefficient (Wildman–Crippen LogP) is 4.36. The summed E-state index contributed by atoms with van der Waals surface area (Å²) in [6.45, 7) is 6.44. The molecule has 0 radical (unpaired) electrons. The van der Waals surface area contributed by atoms with E-state index in [0.29, 0.717) is 6.42 Å². The Hall–Kier alpha value is -1.49. The standard InChI is InChI=1S/C20H22BrNO3/c1-19(2)14-8-9-20(19,3)17(23)16(14)13-10-15(22-25-18(13)24)11-4-6-12(21)7-5-11/h4-7,13-14,16H,8-10H2,1-3H3/t13-,14?,16?,20?/m1/s1. The highest BCUT2D eigenvalue weighted by Gasteiger charge is 2.68. The van der Waals surface area contributed by atoms with Gasteiger partial charge >= 0.3 is 5.97 Å². The first kappa shape index (κ1) is 17.0. The molecule has 0 amide bonds. The van der Waals surface area contributed by atoms with E-state index in [-0.39, 0.29) is 34.4 Å². The van der Waals surface area contributed by atoms with Crippen LogP contribution in [0.5, 0.6) is 0 Å². The number of hydrogen-bond donors (Lipinski definition) is 0. The van der Waals surface area contributed by atoms with Gasteiger partial charge in [-0.25, -0.2) is 4.79 Å². The number of benzene rings is 1. The average molecular weight is 404 g/mol. The van der Waals surface area contributed by atoms with E-state index >= 15 is 0 Å². The minimum Gasteiger partial charge on any atom is -0.318 e. The molecule has 3 aliphatic rings. The van der Waals surface area contributed by atoms with Crippen LogP contribution in [-0.4, -0.2) is 17.5 Å². The lowest BCUT2D eigenvalue weighted by atomic mass is 9.70. The Labute approximate surface area is 156 Å². The van der Waals surface area contributed by atoms with Gasteiger partial charge in [-0.1, -0.05) is 54.0 Å². The summed E-state index contributed by atoms with van der Waals surface area (Å²) in [6, 6.07) is 7.78. The fraction of sp³-hybridized carbons (Fsp3) is 0.550. The van der Waals surface area contributed by atoms with E-state index in [9.17, 15) is 9.59 Å². The first-order valence-electron chi connectivity index (χ1n) is 8.84. The quantitative estimate of drug-likeness (QED) is 0.689. The SMILES string of the molecule is CC12CCC(C([C@H]3CC(c4ccc(Br)cc4)=NOC3=O)C1=O)C2(C)C. The second-order valence-electron chi connectivity index (χ2n) is 8.35. The molecule has 5 heteroatoms. The molecule has 4 atom stereocenters. The number of hydrogen-bond acceptors (Lipinski definition) is 4. The van der Waals surface area contributed by atoms with Gasteiger partial charge in [0.1, 0.15) is 5.78 Å². The first-order chi connectivity index (χ1) is 11.8. The summed E-state index contributed by atoms with van der Waals surface area (Å²) < 4.78 is 0.985. The monoisotopic (exact) mass is 403 g/mol. The van der Waals surface area contributed by atoms with Crippen LogP contribution >= 0.6 is 15.9 Å². The van der Waals surface area contributed by atoms with Crippen LogP contribution < -0.4 is 0 Å².